The Hall–Kier alpha value is -1.03. The topological polar surface area (TPSA) is 55.3 Å². The van der Waals surface area contributed by atoms with E-state index in [1.165, 1.54) is 12.1 Å². The number of anilines is 3. The molecule has 0 spiro atoms. The molecule has 0 aromatic heterocycles. The summed E-state index contributed by atoms with van der Waals surface area (Å²) in [5.74, 6) is 1.16. The summed E-state index contributed by atoms with van der Waals surface area (Å²) < 4.78 is 0.383. The van der Waals surface area contributed by atoms with E-state index in [9.17, 15) is 0 Å². The Balaban J connectivity index is 2.14. The van der Waals surface area contributed by atoms with Crippen molar-refractivity contribution >= 4 is 28.8 Å². The van der Waals surface area contributed by atoms with E-state index in [2.05, 4.69) is 24.8 Å². The zero-order valence-electron chi connectivity index (χ0n) is 10.6. The number of benzene rings is 1. The van der Waals surface area contributed by atoms with Crippen molar-refractivity contribution in [2.24, 2.45) is 0 Å². The summed E-state index contributed by atoms with van der Waals surface area (Å²) in [6, 6.07) is 5.95. The average molecular weight is 251 g/mol. The maximum Gasteiger partial charge on any atom is 0.0568 e. The second-order valence-electron chi connectivity index (χ2n) is 5.16. The third-order valence-electron chi connectivity index (χ3n) is 3.27. The van der Waals surface area contributed by atoms with Crippen LogP contribution in [0.15, 0.2) is 18.2 Å². The van der Waals surface area contributed by atoms with Gasteiger partial charge in [-0.05, 0) is 24.6 Å². The molecule has 4 heteroatoms. The van der Waals surface area contributed by atoms with Crippen LogP contribution in [0.2, 0.25) is 0 Å². The molecular formula is C13H21N3S. The third kappa shape index (κ3) is 3.00. The van der Waals surface area contributed by atoms with Crippen molar-refractivity contribution in [3.05, 3.63) is 18.2 Å². The van der Waals surface area contributed by atoms with Crippen molar-refractivity contribution in [2.75, 3.05) is 35.2 Å². The maximum atomic E-state index is 5.86. The second-order valence-corrected chi connectivity index (χ2v) is 6.96. The van der Waals surface area contributed by atoms with Gasteiger partial charge in [-0.3, -0.25) is 0 Å². The third-order valence-corrected chi connectivity index (χ3v) is 4.65. The van der Waals surface area contributed by atoms with Gasteiger partial charge in [-0.15, -0.1) is 0 Å². The molecule has 0 unspecified atom stereocenters. The highest BCUT2D eigenvalue weighted by molar-refractivity contribution is 8.00. The summed E-state index contributed by atoms with van der Waals surface area (Å²) in [5, 5.41) is 0. The van der Waals surface area contributed by atoms with Gasteiger partial charge < -0.3 is 16.4 Å². The molecule has 2 rings (SSSR count). The lowest BCUT2D eigenvalue weighted by atomic mass is 10.1. The standard InChI is InChI=1S/C13H21N3S/c1-13(2)5-6-16(7-8-17-13)10-3-4-11(14)12(15)9-10/h3-4,9H,5-8,14-15H2,1-2H3. The van der Waals surface area contributed by atoms with Crippen LogP contribution in [0.5, 0.6) is 0 Å². The Morgan fingerprint density at radius 2 is 1.94 bits per heavy atom. The highest BCUT2D eigenvalue weighted by atomic mass is 32.2. The zero-order valence-corrected chi connectivity index (χ0v) is 11.4. The molecule has 1 aliphatic heterocycles. The number of nitrogen functional groups attached to an aromatic ring is 2. The molecule has 1 aromatic rings. The van der Waals surface area contributed by atoms with Crippen molar-refractivity contribution < 1.29 is 0 Å². The molecule has 94 valence electrons. The molecule has 0 radical (unpaired) electrons. The number of nitrogens with two attached hydrogens (primary N) is 2. The summed E-state index contributed by atoms with van der Waals surface area (Å²) in [6.07, 6.45) is 1.20. The summed E-state index contributed by atoms with van der Waals surface area (Å²) in [6.45, 7) is 6.80. The van der Waals surface area contributed by atoms with Crippen LogP contribution in [0, 0.1) is 0 Å². The fourth-order valence-corrected chi connectivity index (χ4v) is 3.14. The van der Waals surface area contributed by atoms with E-state index in [1.807, 2.05) is 23.9 Å². The number of thioether (sulfide) groups is 1. The van der Waals surface area contributed by atoms with Gasteiger partial charge >= 0.3 is 0 Å². The van der Waals surface area contributed by atoms with Gasteiger partial charge in [-0.2, -0.15) is 11.8 Å². The predicted octanol–water partition coefficient (Wildman–Crippen LogP) is 2.57. The molecule has 3 nitrogen and oxygen atoms in total. The molecule has 1 fully saturated rings. The SMILES string of the molecule is CC1(C)CCN(c2ccc(N)c(N)c2)CCS1. The van der Waals surface area contributed by atoms with Crippen LogP contribution in [-0.2, 0) is 0 Å². The first kappa shape index (κ1) is 12.4. The van der Waals surface area contributed by atoms with Crippen LogP contribution in [0.25, 0.3) is 0 Å². The number of hydrogen-bond acceptors (Lipinski definition) is 4. The normalized spacial score (nSPS) is 20.0. The highest BCUT2D eigenvalue weighted by Crippen LogP contribution is 2.33. The minimum atomic E-state index is 0.383. The molecule has 1 aromatic carbocycles. The molecule has 1 saturated heterocycles. The fourth-order valence-electron chi connectivity index (χ4n) is 2.04. The maximum absolute atomic E-state index is 5.86. The summed E-state index contributed by atoms with van der Waals surface area (Å²) in [4.78, 5) is 2.40. The lowest BCUT2D eigenvalue weighted by molar-refractivity contribution is 0.638. The van der Waals surface area contributed by atoms with Gasteiger partial charge in [-0.25, -0.2) is 0 Å². The first-order valence-corrected chi connectivity index (χ1v) is 7.00. The number of hydrogen-bond donors (Lipinski definition) is 2. The van der Waals surface area contributed by atoms with E-state index in [0.29, 0.717) is 16.1 Å². The van der Waals surface area contributed by atoms with Crippen molar-refractivity contribution in [3.63, 3.8) is 0 Å². The number of nitrogens with zero attached hydrogens (tertiary/aromatic N) is 1. The molecule has 1 heterocycles. The van der Waals surface area contributed by atoms with Gasteiger partial charge in [-0.1, -0.05) is 13.8 Å². The van der Waals surface area contributed by atoms with E-state index in [4.69, 9.17) is 11.5 Å². The molecule has 0 bridgehead atoms. The first-order valence-electron chi connectivity index (χ1n) is 6.02. The van der Waals surface area contributed by atoms with Crippen molar-refractivity contribution in [1.29, 1.82) is 0 Å². The molecule has 1 aliphatic rings. The fraction of sp³-hybridized carbons (Fsp3) is 0.538. The Kier molecular flexibility index (Phi) is 3.43. The highest BCUT2D eigenvalue weighted by Gasteiger charge is 2.23. The van der Waals surface area contributed by atoms with Gasteiger partial charge in [0.2, 0.25) is 0 Å². The second kappa shape index (κ2) is 4.69. The van der Waals surface area contributed by atoms with E-state index < -0.39 is 0 Å². The van der Waals surface area contributed by atoms with Gasteiger partial charge in [0.05, 0.1) is 11.4 Å². The summed E-state index contributed by atoms with van der Waals surface area (Å²) in [5.41, 5.74) is 14.1. The van der Waals surface area contributed by atoms with Crippen LogP contribution in [0.3, 0.4) is 0 Å². The average Bonchev–Trinajstić information content (AvgIpc) is 2.44. The van der Waals surface area contributed by atoms with Gasteiger partial charge in [0.25, 0.3) is 0 Å². The minimum absolute atomic E-state index is 0.383. The van der Waals surface area contributed by atoms with Gasteiger partial charge in [0, 0.05) is 29.3 Å². The first-order chi connectivity index (χ1) is 7.98. The monoisotopic (exact) mass is 251 g/mol. The Bertz CT molecular complexity index is 404. The Labute approximate surface area is 108 Å². The largest absolute Gasteiger partial charge is 0.397 e. The van der Waals surface area contributed by atoms with Gasteiger partial charge in [0.15, 0.2) is 0 Å². The minimum Gasteiger partial charge on any atom is -0.397 e. The van der Waals surface area contributed by atoms with E-state index in [-0.39, 0.29) is 0 Å². The van der Waals surface area contributed by atoms with Crippen molar-refractivity contribution in [3.8, 4) is 0 Å². The molecular weight excluding hydrogens is 230 g/mol. The van der Waals surface area contributed by atoms with Crippen LogP contribution < -0.4 is 16.4 Å². The summed E-state index contributed by atoms with van der Waals surface area (Å²) in [7, 11) is 0. The van der Waals surface area contributed by atoms with E-state index >= 15 is 0 Å². The predicted molar refractivity (Wildman–Crippen MR) is 78.6 cm³/mol. The van der Waals surface area contributed by atoms with E-state index in [1.54, 1.807) is 0 Å². The molecule has 0 amide bonds. The van der Waals surface area contributed by atoms with E-state index in [0.717, 1.165) is 18.8 Å². The lowest BCUT2D eigenvalue weighted by Crippen LogP contribution is -2.26. The molecule has 17 heavy (non-hydrogen) atoms. The Morgan fingerprint density at radius 1 is 1.18 bits per heavy atom. The summed E-state index contributed by atoms with van der Waals surface area (Å²) >= 11 is 2.05. The molecule has 0 aliphatic carbocycles. The lowest BCUT2D eigenvalue weighted by Gasteiger charge is -2.24. The van der Waals surface area contributed by atoms with Crippen molar-refractivity contribution in [1.82, 2.24) is 0 Å². The molecule has 0 atom stereocenters. The Morgan fingerprint density at radius 3 is 2.65 bits per heavy atom. The molecule has 4 N–H and O–H groups in total. The smallest absolute Gasteiger partial charge is 0.0568 e. The van der Waals surface area contributed by atoms with Crippen LogP contribution >= 0.6 is 11.8 Å². The van der Waals surface area contributed by atoms with Crippen LogP contribution in [0.1, 0.15) is 20.3 Å². The quantitative estimate of drug-likeness (QED) is 0.753. The van der Waals surface area contributed by atoms with Crippen LogP contribution in [-0.4, -0.2) is 23.6 Å². The number of rotatable bonds is 1. The zero-order chi connectivity index (χ0) is 12.5. The van der Waals surface area contributed by atoms with Crippen molar-refractivity contribution in [2.45, 2.75) is 25.0 Å². The van der Waals surface area contributed by atoms with Gasteiger partial charge in [0.1, 0.15) is 0 Å². The van der Waals surface area contributed by atoms with Crippen LogP contribution in [0.4, 0.5) is 17.1 Å². The molecule has 0 saturated carbocycles.